The monoisotopic (exact) mass is 306 g/mol. The lowest BCUT2D eigenvalue weighted by Gasteiger charge is -2.39. The van der Waals surface area contributed by atoms with Gasteiger partial charge in [-0.2, -0.15) is 17.0 Å². The summed E-state index contributed by atoms with van der Waals surface area (Å²) in [5.74, 6) is 0.460. The van der Waals surface area contributed by atoms with Crippen LogP contribution in [0.25, 0.3) is 0 Å². The minimum absolute atomic E-state index is 0.0840. The second-order valence-electron chi connectivity index (χ2n) is 5.75. The number of hydrogen-bond acceptors (Lipinski definition) is 4. The van der Waals surface area contributed by atoms with E-state index in [1.54, 1.807) is 11.4 Å². The highest BCUT2D eigenvalue weighted by Gasteiger charge is 2.37. The smallest absolute Gasteiger partial charge is 0.282 e. The van der Waals surface area contributed by atoms with E-state index in [0.717, 1.165) is 32.1 Å². The number of rotatable bonds is 5. The molecular weight excluding hydrogens is 280 g/mol. The first-order chi connectivity index (χ1) is 9.59. The molecule has 2 saturated heterocycles. The minimum atomic E-state index is -3.42. The molecule has 0 spiro atoms. The van der Waals surface area contributed by atoms with Gasteiger partial charge in [0.2, 0.25) is 0 Å². The lowest BCUT2D eigenvalue weighted by atomic mass is 9.99. The Morgan fingerprint density at radius 1 is 1.15 bits per heavy atom. The maximum atomic E-state index is 12.7. The van der Waals surface area contributed by atoms with Gasteiger partial charge in [0.15, 0.2) is 0 Å². The van der Waals surface area contributed by atoms with Crippen LogP contribution in [0.3, 0.4) is 0 Å². The molecule has 2 fully saturated rings. The van der Waals surface area contributed by atoms with Crippen molar-refractivity contribution in [2.75, 3.05) is 40.0 Å². The molecule has 2 aliphatic rings. The molecule has 0 saturated carbocycles. The SMILES string of the molecule is COCC1CCN(S(=O)(=O)N2CCCCC2CO)CC1. The number of ether oxygens (including phenoxy) is 1. The Balaban J connectivity index is 1.99. The number of aliphatic hydroxyl groups excluding tert-OH is 1. The van der Waals surface area contributed by atoms with Crippen LogP contribution in [-0.4, -0.2) is 68.1 Å². The highest BCUT2D eigenvalue weighted by Crippen LogP contribution is 2.26. The zero-order valence-corrected chi connectivity index (χ0v) is 13.0. The van der Waals surface area contributed by atoms with Crippen LogP contribution in [-0.2, 0) is 14.9 Å². The van der Waals surface area contributed by atoms with Gasteiger partial charge in [-0.3, -0.25) is 0 Å². The van der Waals surface area contributed by atoms with E-state index in [1.165, 1.54) is 4.31 Å². The molecule has 118 valence electrons. The third-order valence-electron chi connectivity index (χ3n) is 4.38. The van der Waals surface area contributed by atoms with Crippen LogP contribution in [0.4, 0.5) is 0 Å². The van der Waals surface area contributed by atoms with Gasteiger partial charge in [0.25, 0.3) is 10.2 Å². The number of nitrogens with zero attached hydrogens (tertiary/aromatic N) is 2. The minimum Gasteiger partial charge on any atom is -0.395 e. The molecule has 0 bridgehead atoms. The Morgan fingerprint density at radius 3 is 2.45 bits per heavy atom. The van der Waals surface area contributed by atoms with E-state index >= 15 is 0 Å². The first-order valence-corrected chi connectivity index (χ1v) is 8.86. The maximum Gasteiger partial charge on any atom is 0.282 e. The molecule has 2 rings (SSSR count). The van der Waals surface area contributed by atoms with Crippen LogP contribution in [0, 0.1) is 5.92 Å². The Hall–Kier alpha value is -0.210. The van der Waals surface area contributed by atoms with Crippen molar-refractivity contribution in [3.05, 3.63) is 0 Å². The molecule has 1 N–H and O–H groups in total. The van der Waals surface area contributed by atoms with Gasteiger partial charge in [0.1, 0.15) is 0 Å². The topological polar surface area (TPSA) is 70.1 Å². The second kappa shape index (κ2) is 7.17. The first kappa shape index (κ1) is 16.2. The largest absolute Gasteiger partial charge is 0.395 e. The summed E-state index contributed by atoms with van der Waals surface area (Å²) < 4.78 is 33.6. The van der Waals surface area contributed by atoms with E-state index in [0.29, 0.717) is 32.2 Å². The summed E-state index contributed by atoms with van der Waals surface area (Å²) in [6, 6.07) is -0.245. The van der Waals surface area contributed by atoms with Crippen molar-refractivity contribution in [3.8, 4) is 0 Å². The fourth-order valence-corrected chi connectivity index (χ4v) is 5.03. The van der Waals surface area contributed by atoms with Gasteiger partial charge in [-0.15, -0.1) is 0 Å². The average molecular weight is 306 g/mol. The van der Waals surface area contributed by atoms with Crippen LogP contribution in [0.2, 0.25) is 0 Å². The van der Waals surface area contributed by atoms with Gasteiger partial charge in [-0.1, -0.05) is 6.42 Å². The van der Waals surface area contributed by atoms with Gasteiger partial charge >= 0.3 is 0 Å². The molecule has 7 heteroatoms. The highest BCUT2D eigenvalue weighted by atomic mass is 32.2. The molecule has 1 atom stereocenters. The quantitative estimate of drug-likeness (QED) is 0.800. The van der Waals surface area contributed by atoms with Gasteiger partial charge in [0, 0.05) is 39.4 Å². The summed E-state index contributed by atoms with van der Waals surface area (Å²) in [6.07, 6.45) is 4.34. The Kier molecular flexibility index (Phi) is 5.80. The third-order valence-corrected chi connectivity index (χ3v) is 6.47. The van der Waals surface area contributed by atoms with E-state index in [2.05, 4.69) is 0 Å². The van der Waals surface area contributed by atoms with Gasteiger partial charge in [-0.05, 0) is 31.6 Å². The van der Waals surface area contributed by atoms with Crippen LogP contribution in [0.15, 0.2) is 0 Å². The van der Waals surface area contributed by atoms with Crippen molar-refractivity contribution in [1.82, 2.24) is 8.61 Å². The zero-order chi connectivity index (χ0) is 14.6. The normalized spacial score (nSPS) is 27.8. The number of methoxy groups -OCH3 is 1. The summed E-state index contributed by atoms with van der Waals surface area (Å²) in [7, 11) is -1.74. The van der Waals surface area contributed by atoms with Crippen molar-refractivity contribution in [2.24, 2.45) is 5.92 Å². The molecular formula is C13H26N2O4S. The Labute approximate surface area is 121 Å². The fraction of sp³-hybridized carbons (Fsp3) is 1.00. The van der Waals surface area contributed by atoms with Crippen LogP contribution < -0.4 is 0 Å². The third kappa shape index (κ3) is 3.51. The van der Waals surface area contributed by atoms with Crippen molar-refractivity contribution in [2.45, 2.75) is 38.1 Å². The molecule has 1 unspecified atom stereocenters. The second-order valence-corrected chi connectivity index (χ2v) is 7.63. The lowest BCUT2D eigenvalue weighted by molar-refractivity contribution is 0.113. The van der Waals surface area contributed by atoms with E-state index in [1.807, 2.05) is 0 Å². The summed E-state index contributed by atoms with van der Waals surface area (Å²) in [4.78, 5) is 0. The summed E-state index contributed by atoms with van der Waals surface area (Å²) in [6.45, 7) is 2.28. The van der Waals surface area contributed by atoms with Crippen LogP contribution >= 0.6 is 0 Å². The predicted octanol–water partition coefficient (Wildman–Crippen LogP) is 0.436. The molecule has 0 amide bonds. The molecule has 20 heavy (non-hydrogen) atoms. The molecule has 0 aliphatic carbocycles. The van der Waals surface area contributed by atoms with Crippen molar-refractivity contribution in [1.29, 1.82) is 0 Å². The molecule has 0 aromatic heterocycles. The standard InChI is InChI=1S/C13H26N2O4S/c1-19-11-12-5-8-14(9-6-12)20(17,18)15-7-3-2-4-13(15)10-16/h12-13,16H,2-11H2,1H3. The van der Waals surface area contributed by atoms with Crippen LogP contribution in [0.1, 0.15) is 32.1 Å². The Morgan fingerprint density at radius 2 is 1.85 bits per heavy atom. The van der Waals surface area contributed by atoms with E-state index in [9.17, 15) is 13.5 Å². The van der Waals surface area contributed by atoms with Gasteiger partial charge < -0.3 is 9.84 Å². The lowest BCUT2D eigenvalue weighted by Crippen LogP contribution is -2.53. The predicted molar refractivity (Wildman–Crippen MR) is 76.5 cm³/mol. The molecule has 0 aromatic carbocycles. The fourth-order valence-electron chi connectivity index (χ4n) is 3.15. The molecule has 0 radical (unpaired) electrons. The highest BCUT2D eigenvalue weighted by molar-refractivity contribution is 7.86. The average Bonchev–Trinajstić information content (AvgIpc) is 2.48. The number of piperidine rings is 2. The van der Waals surface area contributed by atoms with Crippen molar-refractivity contribution < 1.29 is 18.3 Å². The summed E-state index contributed by atoms with van der Waals surface area (Å²) >= 11 is 0. The van der Waals surface area contributed by atoms with E-state index in [4.69, 9.17) is 4.74 Å². The van der Waals surface area contributed by atoms with Gasteiger partial charge in [0.05, 0.1) is 6.61 Å². The summed E-state index contributed by atoms with van der Waals surface area (Å²) in [5, 5.41) is 9.39. The zero-order valence-electron chi connectivity index (χ0n) is 12.2. The maximum absolute atomic E-state index is 12.7. The molecule has 2 aliphatic heterocycles. The number of hydrogen-bond donors (Lipinski definition) is 1. The summed E-state index contributed by atoms with van der Waals surface area (Å²) in [5.41, 5.74) is 0. The number of aliphatic hydroxyl groups is 1. The molecule has 2 heterocycles. The van der Waals surface area contributed by atoms with Crippen molar-refractivity contribution >= 4 is 10.2 Å². The van der Waals surface area contributed by atoms with Crippen molar-refractivity contribution in [3.63, 3.8) is 0 Å². The van der Waals surface area contributed by atoms with Gasteiger partial charge in [-0.25, -0.2) is 0 Å². The van der Waals surface area contributed by atoms with E-state index < -0.39 is 10.2 Å². The van der Waals surface area contributed by atoms with E-state index in [-0.39, 0.29) is 12.6 Å². The molecule has 6 nitrogen and oxygen atoms in total. The first-order valence-electron chi connectivity index (χ1n) is 7.46. The van der Waals surface area contributed by atoms with Crippen LogP contribution in [0.5, 0.6) is 0 Å². The molecule has 0 aromatic rings. The Bertz CT molecular complexity index is 393.